The van der Waals surface area contributed by atoms with Gasteiger partial charge in [-0.2, -0.15) is 5.10 Å². The normalized spacial score (nSPS) is 33.7. The summed E-state index contributed by atoms with van der Waals surface area (Å²) < 4.78 is 43.0. The Labute approximate surface area is 190 Å². The molecule has 0 aromatic carbocycles. The largest absolute Gasteiger partial charge is 0.369 e. The highest BCUT2D eigenvalue weighted by Crippen LogP contribution is 2.75. The van der Waals surface area contributed by atoms with E-state index in [9.17, 15) is 18.0 Å². The summed E-state index contributed by atoms with van der Waals surface area (Å²) in [7, 11) is 0. The number of hydrogen-bond acceptors (Lipinski definition) is 4. The molecule has 5 fully saturated rings. The summed E-state index contributed by atoms with van der Waals surface area (Å²) in [5, 5.41) is 4.53. The van der Waals surface area contributed by atoms with Crippen LogP contribution in [0.15, 0.2) is 18.5 Å². The third kappa shape index (κ3) is 3.45. The number of primary amides is 1. The van der Waals surface area contributed by atoms with Crippen LogP contribution in [-0.4, -0.2) is 32.1 Å². The lowest BCUT2D eigenvalue weighted by atomic mass is 9.36. The zero-order chi connectivity index (χ0) is 23.2. The number of carbonyl (C=O) groups is 1. The van der Waals surface area contributed by atoms with Gasteiger partial charge >= 0.3 is 0 Å². The van der Waals surface area contributed by atoms with Gasteiger partial charge in [0, 0.05) is 18.8 Å². The fourth-order valence-corrected chi connectivity index (χ4v) is 7.04. The van der Waals surface area contributed by atoms with Gasteiger partial charge in [-0.15, -0.1) is 0 Å². The van der Waals surface area contributed by atoms with E-state index in [0.29, 0.717) is 49.4 Å². The zero-order valence-electron chi connectivity index (χ0n) is 18.5. The number of rotatable bonds is 7. The summed E-state index contributed by atoms with van der Waals surface area (Å²) in [4.78, 5) is 17.3. The Morgan fingerprint density at radius 2 is 1.76 bits per heavy atom. The number of aromatic nitrogens is 3. The van der Waals surface area contributed by atoms with Gasteiger partial charge in [0.05, 0.1) is 30.0 Å². The van der Waals surface area contributed by atoms with Gasteiger partial charge in [-0.05, 0) is 73.8 Å². The first-order valence-corrected chi connectivity index (χ1v) is 12.1. The second-order valence-corrected chi connectivity index (χ2v) is 11.3. The van der Waals surface area contributed by atoms with Crippen molar-refractivity contribution in [2.75, 3.05) is 0 Å². The Bertz CT molecular complexity index is 1080. The summed E-state index contributed by atoms with van der Waals surface area (Å²) in [5.41, 5.74) is 13.1. The van der Waals surface area contributed by atoms with Crippen LogP contribution in [0, 0.1) is 23.2 Å². The van der Waals surface area contributed by atoms with Crippen molar-refractivity contribution in [3.8, 4) is 0 Å². The van der Waals surface area contributed by atoms with Crippen molar-refractivity contribution >= 4 is 11.6 Å². The van der Waals surface area contributed by atoms with E-state index in [4.69, 9.17) is 11.5 Å². The van der Waals surface area contributed by atoms with Crippen molar-refractivity contribution in [1.82, 2.24) is 14.6 Å². The first kappa shape index (κ1) is 21.4. The lowest BCUT2D eigenvalue weighted by Gasteiger charge is -2.69. The monoisotopic (exact) mass is 461 g/mol. The van der Waals surface area contributed by atoms with E-state index >= 15 is 0 Å². The molecule has 1 amide bonds. The summed E-state index contributed by atoms with van der Waals surface area (Å²) in [5.74, 6) is -3.12. The molecule has 1 unspecified atom stereocenters. The summed E-state index contributed by atoms with van der Waals surface area (Å²) in [6.07, 6.45) is 7.33. The molecular formula is C24H30F3N5O. The Morgan fingerprint density at radius 1 is 1.09 bits per heavy atom. The Morgan fingerprint density at radius 3 is 2.33 bits per heavy atom. The quantitative estimate of drug-likeness (QED) is 0.650. The fourth-order valence-electron chi connectivity index (χ4n) is 7.04. The molecule has 0 radical (unpaired) electrons. The molecule has 9 heteroatoms. The van der Waals surface area contributed by atoms with Crippen LogP contribution in [0.1, 0.15) is 81.0 Å². The van der Waals surface area contributed by atoms with Crippen LogP contribution in [0.3, 0.4) is 0 Å². The van der Waals surface area contributed by atoms with E-state index in [1.165, 1.54) is 0 Å². The Hall–Kier alpha value is -2.16. The molecule has 6 nitrogen and oxygen atoms in total. The highest BCUT2D eigenvalue weighted by molar-refractivity contribution is 5.80. The molecule has 3 atom stereocenters. The topological polar surface area (TPSA) is 99.3 Å². The number of imidazole rings is 1. The van der Waals surface area contributed by atoms with E-state index in [2.05, 4.69) is 10.1 Å². The minimum absolute atomic E-state index is 0.0373. The van der Waals surface area contributed by atoms with Crippen LogP contribution in [0.2, 0.25) is 0 Å². The zero-order valence-corrected chi connectivity index (χ0v) is 18.5. The van der Waals surface area contributed by atoms with Gasteiger partial charge in [-0.25, -0.2) is 22.7 Å². The highest BCUT2D eigenvalue weighted by atomic mass is 19.3. The molecule has 4 N–H and O–H groups in total. The molecule has 178 valence electrons. The van der Waals surface area contributed by atoms with Crippen molar-refractivity contribution in [3.05, 3.63) is 29.7 Å². The molecule has 2 heterocycles. The van der Waals surface area contributed by atoms with Gasteiger partial charge in [0.25, 0.3) is 0 Å². The maximum atomic E-state index is 14.3. The van der Waals surface area contributed by atoms with E-state index in [1.807, 2.05) is 6.07 Å². The molecule has 0 saturated heterocycles. The van der Waals surface area contributed by atoms with Gasteiger partial charge < -0.3 is 11.5 Å². The molecule has 2 aromatic heterocycles. The fraction of sp³-hybridized carbons (Fsp3) is 0.708. The number of carbonyl (C=O) groups excluding carboxylic acids is 1. The number of alkyl halides is 3. The molecule has 2 bridgehead atoms. The summed E-state index contributed by atoms with van der Waals surface area (Å²) in [6, 6.07) is 1.51. The molecular weight excluding hydrogens is 431 g/mol. The second kappa shape index (κ2) is 6.93. The van der Waals surface area contributed by atoms with Crippen molar-refractivity contribution in [2.45, 2.75) is 81.3 Å². The van der Waals surface area contributed by atoms with E-state index in [-0.39, 0.29) is 36.0 Å². The van der Waals surface area contributed by atoms with E-state index < -0.39 is 23.6 Å². The van der Waals surface area contributed by atoms with Crippen LogP contribution in [0.4, 0.5) is 13.2 Å². The number of halogens is 3. The van der Waals surface area contributed by atoms with Crippen LogP contribution < -0.4 is 11.5 Å². The van der Waals surface area contributed by atoms with Crippen molar-refractivity contribution in [2.24, 2.45) is 34.6 Å². The van der Waals surface area contributed by atoms with Gasteiger partial charge in [-0.3, -0.25) is 4.79 Å². The minimum atomic E-state index is -2.59. The highest BCUT2D eigenvalue weighted by Gasteiger charge is 2.74. The number of nitrogens with zero attached hydrogens (tertiary/aromatic N) is 3. The van der Waals surface area contributed by atoms with Gasteiger partial charge in [-0.1, -0.05) is 0 Å². The molecule has 5 aliphatic rings. The first-order chi connectivity index (χ1) is 15.6. The van der Waals surface area contributed by atoms with Crippen molar-refractivity contribution in [1.29, 1.82) is 0 Å². The average molecular weight is 462 g/mol. The smallest absolute Gasteiger partial charge is 0.248 e. The Kier molecular flexibility index (Phi) is 4.49. The average Bonchev–Trinajstić information content (AvgIpc) is 3.45. The van der Waals surface area contributed by atoms with Crippen molar-refractivity contribution < 1.29 is 18.0 Å². The third-order valence-electron chi connectivity index (χ3n) is 8.82. The summed E-state index contributed by atoms with van der Waals surface area (Å²) >= 11 is 0. The number of amides is 1. The molecule has 2 aromatic rings. The van der Waals surface area contributed by atoms with E-state index in [0.717, 1.165) is 18.4 Å². The van der Waals surface area contributed by atoms with Crippen LogP contribution >= 0.6 is 0 Å². The first-order valence-electron chi connectivity index (χ1n) is 12.1. The minimum Gasteiger partial charge on any atom is -0.369 e. The molecule has 33 heavy (non-hydrogen) atoms. The maximum absolute atomic E-state index is 14.3. The van der Waals surface area contributed by atoms with Crippen LogP contribution in [0.5, 0.6) is 0 Å². The molecule has 0 spiro atoms. The molecule has 0 aliphatic heterocycles. The second-order valence-electron chi connectivity index (χ2n) is 11.3. The number of fused-ring (bicyclic) bond motifs is 1. The van der Waals surface area contributed by atoms with Gasteiger partial charge in [0.1, 0.15) is 5.67 Å². The van der Waals surface area contributed by atoms with Crippen LogP contribution in [0.25, 0.3) is 5.65 Å². The molecule has 5 saturated carbocycles. The Balaban J connectivity index is 1.28. The predicted molar refractivity (Wildman–Crippen MR) is 115 cm³/mol. The maximum Gasteiger partial charge on any atom is 0.248 e. The molecule has 7 rings (SSSR count). The predicted octanol–water partition coefficient (Wildman–Crippen LogP) is 4.04. The van der Waals surface area contributed by atoms with Gasteiger partial charge in [0.2, 0.25) is 11.8 Å². The van der Waals surface area contributed by atoms with E-state index in [1.54, 1.807) is 16.9 Å². The summed E-state index contributed by atoms with van der Waals surface area (Å²) in [6.45, 7) is 0. The standard InChI is InChI=1S/C24H30F3N5O/c25-23-10-22(11-23,12-23)19(21(29)33)18(13-1-2-13)15-7-17-31-16(9-32(17)30-8-15)20(28)14-3-5-24(26,27)6-4-14/h7-9,13-14,18-20H,1-6,10-12,28H2,(H2,29,33)/t18-,19?,20-,22?,23?/m0/s1. The van der Waals surface area contributed by atoms with Crippen LogP contribution in [-0.2, 0) is 4.79 Å². The lowest BCUT2D eigenvalue weighted by molar-refractivity contribution is -0.243. The third-order valence-corrected chi connectivity index (χ3v) is 8.82. The molecule has 5 aliphatic carbocycles. The van der Waals surface area contributed by atoms with Crippen molar-refractivity contribution in [3.63, 3.8) is 0 Å². The van der Waals surface area contributed by atoms with Gasteiger partial charge in [0.15, 0.2) is 5.65 Å². The lowest BCUT2D eigenvalue weighted by Crippen LogP contribution is -2.69. The number of hydrogen-bond donors (Lipinski definition) is 2. The number of nitrogens with two attached hydrogens (primary N) is 2. The SMILES string of the molecule is NC(=O)C([C@H](c1cnn2cc([C@@H](N)C3CCC(F)(F)CC3)nc2c1)C1CC1)C12CC(F)(C1)C2.